The number of esters is 2. The Labute approximate surface area is 170 Å². The predicted octanol–water partition coefficient (Wildman–Crippen LogP) is 3.53. The molecule has 1 unspecified atom stereocenters. The third-order valence-electron chi connectivity index (χ3n) is 4.85. The molecule has 0 aromatic carbocycles. The molecule has 1 aliphatic rings. The summed E-state index contributed by atoms with van der Waals surface area (Å²) in [5, 5.41) is 0. The molecule has 1 aliphatic carbocycles. The van der Waals surface area contributed by atoms with Gasteiger partial charge in [-0.1, -0.05) is 24.7 Å². The van der Waals surface area contributed by atoms with Gasteiger partial charge in [-0.2, -0.15) is 0 Å². The highest BCUT2D eigenvalue weighted by molar-refractivity contribution is 5.70. The summed E-state index contributed by atoms with van der Waals surface area (Å²) in [5.74, 6) is 5.89. The molecule has 0 aliphatic heterocycles. The summed E-state index contributed by atoms with van der Waals surface area (Å²) in [6, 6.07) is 3.72. The highest BCUT2D eigenvalue weighted by Crippen LogP contribution is 2.28. The molecule has 6 nitrogen and oxygen atoms in total. The van der Waals surface area contributed by atoms with E-state index >= 15 is 0 Å². The Morgan fingerprint density at radius 3 is 2.38 bits per heavy atom. The lowest BCUT2D eigenvalue weighted by Gasteiger charge is -2.21. The summed E-state index contributed by atoms with van der Waals surface area (Å²) in [5.41, 5.74) is 3.49. The number of hydrogen-bond donors (Lipinski definition) is 0. The highest BCUT2D eigenvalue weighted by atomic mass is 16.5. The smallest absolute Gasteiger partial charge is 0.306 e. The first-order chi connectivity index (χ1) is 14.2. The molecule has 150 valence electrons. The first-order valence-corrected chi connectivity index (χ1v) is 9.82. The van der Waals surface area contributed by atoms with Crippen LogP contribution in [-0.2, 0) is 25.5 Å². The minimum absolute atomic E-state index is 0.196. The molecule has 2 aromatic rings. The molecule has 6 heteroatoms. The fourth-order valence-electron chi connectivity index (χ4n) is 3.25. The van der Waals surface area contributed by atoms with Crippen molar-refractivity contribution in [3.05, 3.63) is 59.2 Å². The summed E-state index contributed by atoms with van der Waals surface area (Å²) < 4.78 is 10.4. The summed E-state index contributed by atoms with van der Waals surface area (Å²) in [6.45, 7) is 0. The third kappa shape index (κ3) is 5.89. The second-order valence-electron chi connectivity index (χ2n) is 6.92. The zero-order chi connectivity index (χ0) is 20.5. The molecule has 3 rings (SSSR count). The van der Waals surface area contributed by atoms with Gasteiger partial charge in [-0.3, -0.25) is 19.6 Å². The lowest BCUT2D eigenvalue weighted by Crippen LogP contribution is -2.16. The quantitative estimate of drug-likeness (QED) is 0.388. The topological polar surface area (TPSA) is 78.4 Å². The van der Waals surface area contributed by atoms with Crippen molar-refractivity contribution in [3.63, 3.8) is 0 Å². The fourth-order valence-corrected chi connectivity index (χ4v) is 3.25. The molecule has 0 saturated carbocycles. The van der Waals surface area contributed by atoms with Crippen molar-refractivity contribution in [1.82, 2.24) is 9.97 Å². The number of fused-ring (bicyclic) bond motifs is 2. The molecule has 0 bridgehead atoms. The average molecular weight is 392 g/mol. The Balaban J connectivity index is 1.59. The fraction of sp³-hybridized carbons (Fsp3) is 0.391. The standard InChI is InChI=1S/C23H24N2O4/c1-28-22(26)6-4-2-3-5-7-23(27)29-21-14-19-15-24-12-10-17(19)8-9-18-11-13-25-16-20(18)21/h10-13,15-16,21H,2-7,14H2,1H3. The molecular formula is C23H24N2O4. The summed E-state index contributed by atoms with van der Waals surface area (Å²) >= 11 is 0. The van der Waals surface area contributed by atoms with Crippen LogP contribution < -0.4 is 0 Å². The first-order valence-electron chi connectivity index (χ1n) is 9.82. The Kier molecular flexibility index (Phi) is 7.34. The van der Waals surface area contributed by atoms with E-state index in [9.17, 15) is 9.59 Å². The van der Waals surface area contributed by atoms with Crippen LogP contribution in [0.15, 0.2) is 36.9 Å². The van der Waals surface area contributed by atoms with Gasteiger partial charge in [0.15, 0.2) is 0 Å². The van der Waals surface area contributed by atoms with Crippen LogP contribution in [-0.4, -0.2) is 29.0 Å². The number of unbranched alkanes of at least 4 members (excludes halogenated alkanes) is 3. The molecule has 0 fully saturated rings. The number of pyridine rings is 2. The molecule has 0 amide bonds. The van der Waals surface area contributed by atoms with Crippen LogP contribution in [0.3, 0.4) is 0 Å². The van der Waals surface area contributed by atoms with Crippen LogP contribution in [0.25, 0.3) is 0 Å². The predicted molar refractivity (Wildman–Crippen MR) is 107 cm³/mol. The minimum atomic E-state index is -0.442. The Hall–Kier alpha value is -3.20. The van der Waals surface area contributed by atoms with Crippen LogP contribution in [0.2, 0.25) is 0 Å². The average Bonchev–Trinajstić information content (AvgIpc) is 2.73. The van der Waals surface area contributed by atoms with Gasteiger partial charge in [0, 0.05) is 60.7 Å². The Bertz CT molecular complexity index is 930. The van der Waals surface area contributed by atoms with E-state index in [-0.39, 0.29) is 11.9 Å². The van der Waals surface area contributed by atoms with Crippen molar-refractivity contribution >= 4 is 11.9 Å². The van der Waals surface area contributed by atoms with Crippen molar-refractivity contribution in [1.29, 1.82) is 0 Å². The first kappa shape index (κ1) is 20.5. The number of carbonyl (C=O) groups excluding carboxylic acids is 2. The summed E-state index contributed by atoms with van der Waals surface area (Å²) in [6.07, 6.45) is 11.0. The molecule has 0 N–H and O–H groups in total. The molecule has 1 atom stereocenters. The van der Waals surface area contributed by atoms with Crippen molar-refractivity contribution in [3.8, 4) is 11.8 Å². The maximum absolute atomic E-state index is 12.5. The number of hydrogen-bond acceptors (Lipinski definition) is 6. The van der Waals surface area contributed by atoms with E-state index in [1.807, 2.05) is 12.1 Å². The van der Waals surface area contributed by atoms with E-state index in [4.69, 9.17) is 4.74 Å². The Morgan fingerprint density at radius 2 is 1.62 bits per heavy atom. The van der Waals surface area contributed by atoms with Gasteiger partial charge in [0.2, 0.25) is 0 Å². The van der Waals surface area contributed by atoms with Crippen molar-refractivity contribution in [2.45, 2.75) is 51.0 Å². The Morgan fingerprint density at radius 1 is 0.966 bits per heavy atom. The second kappa shape index (κ2) is 10.4. The van der Waals surface area contributed by atoms with E-state index in [1.54, 1.807) is 24.8 Å². The molecule has 0 radical (unpaired) electrons. The van der Waals surface area contributed by atoms with Gasteiger partial charge >= 0.3 is 11.9 Å². The van der Waals surface area contributed by atoms with Crippen LogP contribution in [0, 0.1) is 11.8 Å². The molecule has 29 heavy (non-hydrogen) atoms. The highest BCUT2D eigenvalue weighted by Gasteiger charge is 2.22. The van der Waals surface area contributed by atoms with Crippen molar-refractivity contribution < 1.29 is 19.1 Å². The number of ether oxygens (including phenoxy) is 2. The number of aromatic nitrogens is 2. The third-order valence-corrected chi connectivity index (χ3v) is 4.85. The van der Waals surface area contributed by atoms with Gasteiger partial charge in [-0.15, -0.1) is 0 Å². The van der Waals surface area contributed by atoms with E-state index in [2.05, 4.69) is 26.5 Å². The van der Waals surface area contributed by atoms with E-state index < -0.39 is 6.10 Å². The van der Waals surface area contributed by atoms with E-state index in [0.29, 0.717) is 19.3 Å². The molecule has 2 heterocycles. The number of rotatable bonds is 8. The maximum atomic E-state index is 12.5. The zero-order valence-corrected chi connectivity index (χ0v) is 16.5. The van der Waals surface area contributed by atoms with E-state index in [0.717, 1.165) is 47.9 Å². The van der Waals surface area contributed by atoms with Crippen molar-refractivity contribution in [2.75, 3.05) is 7.11 Å². The molecule has 0 saturated heterocycles. The largest absolute Gasteiger partial charge is 0.469 e. The van der Waals surface area contributed by atoms with E-state index in [1.165, 1.54) is 7.11 Å². The summed E-state index contributed by atoms with van der Waals surface area (Å²) in [7, 11) is 1.39. The number of carbonyl (C=O) groups is 2. The van der Waals surface area contributed by atoms with Crippen molar-refractivity contribution in [2.24, 2.45) is 0 Å². The summed E-state index contributed by atoms with van der Waals surface area (Å²) in [4.78, 5) is 31.9. The van der Waals surface area contributed by atoms with Crippen LogP contribution in [0.5, 0.6) is 0 Å². The molecular weight excluding hydrogens is 368 g/mol. The van der Waals surface area contributed by atoms with Gasteiger partial charge in [-0.25, -0.2) is 0 Å². The normalized spacial score (nSPS) is 14.3. The maximum Gasteiger partial charge on any atom is 0.306 e. The van der Waals surface area contributed by atoms with Gasteiger partial charge < -0.3 is 9.47 Å². The van der Waals surface area contributed by atoms with Crippen LogP contribution >= 0.6 is 0 Å². The van der Waals surface area contributed by atoms with Gasteiger partial charge in [0.25, 0.3) is 0 Å². The van der Waals surface area contributed by atoms with Gasteiger partial charge in [0.1, 0.15) is 6.10 Å². The monoisotopic (exact) mass is 392 g/mol. The number of methoxy groups -OCH3 is 1. The zero-order valence-electron chi connectivity index (χ0n) is 16.5. The SMILES string of the molecule is COC(=O)CCCCCCC(=O)OC1Cc2cnccc2C#Cc2ccncc21. The molecule has 0 spiro atoms. The molecule has 2 aromatic heterocycles. The lowest BCUT2D eigenvalue weighted by molar-refractivity contribution is -0.149. The van der Waals surface area contributed by atoms with Crippen LogP contribution in [0.4, 0.5) is 0 Å². The van der Waals surface area contributed by atoms with Gasteiger partial charge in [0.05, 0.1) is 7.11 Å². The van der Waals surface area contributed by atoms with Crippen LogP contribution in [0.1, 0.15) is 66.9 Å². The second-order valence-corrected chi connectivity index (χ2v) is 6.92. The minimum Gasteiger partial charge on any atom is -0.469 e. The lowest BCUT2D eigenvalue weighted by atomic mass is 9.94. The van der Waals surface area contributed by atoms with Gasteiger partial charge in [-0.05, 0) is 30.5 Å². The number of nitrogens with zero attached hydrogens (tertiary/aromatic N) is 2.